The van der Waals surface area contributed by atoms with E-state index in [1.54, 1.807) is 30.7 Å². The minimum Gasteiger partial charge on any atom is -0.472 e. The number of hydrogen-bond donors (Lipinski definition) is 2. The number of benzene rings is 3. The van der Waals surface area contributed by atoms with Crippen LogP contribution in [0.4, 0.5) is 4.39 Å². The van der Waals surface area contributed by atoms with Crippen molar-refractivity contribution in [2.75, 3.05) is 6.54 Å². The highest BCUT2D eigenvalue weighted by atomic mass is 19.1. The molecule has 0 aliphatic carbocycles. The highest BCUT2D eigenvalue weighted by molar-refractivity contribution is 6.10. The van der Waals surface area contributed by atoms with Gasteiger partial charge in [0.2, 0.25) is 0 Å². The quantitative estimate of drug-likeness (QED) is 0.246. The number of fused-ring (bicyclic) bond motifs is 1. The standard InChI is InChI=1S/C31H27FN2O4/c1-18(2)16-34-31(36)25-14-19(3-9-24(25)22-11-12-37-17-22)13-20-4-10-27-26(15-20)28(30(33)35)29(38-27)21-5-7-23(32)8-6-21/h3-12,14-15,17-18H,13,16H2,1-2H3,(H2,33,35)(H,34,36). The minimum absolute atomic E-state index is 0.151. The summed E-state index contributed by atoms with van der Waals surface area (Å²) in [5, 5.41) is 3.58. The summed E-state index contributed by atoms with van der Waals surface area (Å²) in [5.74, 6) is -0.543. The Morgan fingerprint density at radius 2 is 1.68 bits per heavy atom. The van der Waals surface area contributed by atoms with Gasteiger partial charge in [-0.1, -0.05) is 32.0 Å². The summed E-state index contributed by atoms with van der Waals surface area (Å²) in [4.78, 5) is 25.5. The van der Waals surface area contributed by atoms with Crippen molar-refractivity contribution in [3.8, 4) is 22.5 Å². The molecule has 2 aromatic heterocycles. The van der Waals surface area contributed by atoms with Gasteiger partial charge in [-0.3, -0.25) is 9.59 Å². The monoisotopic (exact) mass is 510 g/mol. The summed E-state index contributed by atoms with van der Waals surface area (Å²) >= 11 is 0. The van der Waals surface area contributed by atoms with Gasteiger partial charge in [0.25, 0.3) is 11.8 Å². The highest BCUT2D eigenvalue weighted by Gasteiger charge is 2.21. The van der Waals surface area contributed by atoms with Crippen LogP contribution in [-0.4, -0.2) is 18.4 Å². The van der Waals surface area contributed by atoms with Crippen LogP contribution in [0.5, 0.6) is 0 Å². The lowest BCUT2D eigenvalue weighted by atomic mass is 9.95. The van der Waals surface area contributed by atoms with Gasteiger partial charge in [-0.15, -0.1) is 0 Å². The number of rotatable bonds is 8. The Morgan fingerprint density at radius 1 is 0.947 bits per heavy atom. The van der Waals surface area contributed by atoms with Gasteiger partial charge in [0, 0.05) is 28.6 Å². The van der Waals surface area contributed by atoms with Crippen LogP contribution in [0.15, 0.2) is 88.1 Å². The number of furan rings is 2. The van der Waals surface area contributed by atoms with Gasteiger partial charge in [-0.2, -0.15) is 0 Å². The molecule has 0 aliphatic heterocycles. The summed E-state index contributed by atoms with van der Waals surface area (Å²) in [6.45, 7) is 4.65. The van der Waals surface area contributed by atoms with Gasteiger partial charge in [-0.25, -0.2) is 4.39 Å². The molecule has 0 unspecified atom stereocenters. The van der Waals surface area contributed by atoms with Crippen molar-refractivity contribution >= 4 is 22.8 Å². The average Bonchev–Trinajstić information content (AvgIpc) is 3.56. The maximum atomic E-state index is 13.4. The number of halogens is 1. The largest absolute Gasteiger partial charge is 0.472 e. The number of carbonyl (C=O) groups is 2. The molecule has 38 heavy (non-hydrogen) atoms. The van der Waals surface area contributed by atoms with Crippen LogP contribution in [0.2, 0.25) is 0 Å². The van der Waals surface area contributed by atoms with Crippen LogP contribution < -0.4 is 11.1 Å². The van der Waals surface area contributed by atoms with Crippen LogP contribution in [-0.2, 0) is 6.42 Å². The zero-order valence-electron chi connectivity index (χ0n) is 21.1. The molecule has 0 fully saturated rings. The van der Waals surface area contributed by atoms with E-state index >= 15 is 0 Å². The normalized spacial score (nSPS) is 11.3. The Hall–Kier alpha value is -4.65. The Morgan fingerprint density at radius 3 is 2.37 bits per heavy atom. The van der Waals surface area contributed by atoms with Gasteiger partial charge in [0.1, 0.15) is 17.2 Å². The van der Waals surface area contributed by atoms with Gasteiger partial charge in [0.15, 0.2) is 0 Å². The Balaban J connectivity index is 1.51. The third-order valence-corrected chi connectivity index (χ3v) is 6.35. The van der Waals surface area contributed by atoms with Crippen molar-refractivity contribution in [3.05, 3.63) is 107 Å². The van der Waals surface area contributed by atoms with Crippen molar-refractivity contribution < 1.29 is 22.8 Å². The zero-order valence-corrected chi connectivity index (χ0v) is 21.1. The lowest BCUT2D eigenvalue weighted by molar-refractivity contribution is 0.0948. The topological polar surface area (TPSA) is 98.5 Å². The molecule has 6 nitrogen and oxygen atoms in total. The fourth-order valence-electron chi connectivity index (χ4n) is 4.49. The van der Waals surface area contributed by atoms with E-state index < -0.39 is 5.91 Å². The van der Waals surface area contributed by atoms with E-state index in [-0.39, 0.29) is 17.3 Å². The zero-order chi connectivity index (χ0) is 26.8. The van der Waals surface area contributed by atoms with Crippen molar-refractivity contribution in [2.24, 2.45) is 11.7 Å². The van der Waals surface area contributed by atoms with E-state index in [0.29, 0.717) is 46.7 Å². The van der Waals surface area contributed by atoms with Crippen molar-refractivity contribution in [1.29, 1.82) is 0 Å². The molecule has 0 atom stereocenters. The van der Waals surface area contributed by atoms with E-state index in [9.17, 15) is 14.0 Å². The molecule has 7 heteroatoms. The first kappa shape index (κ1) is 25.0. The van der Waals surface area contributed by atoms with Crippen molar-refractivity contribution in [1.82, 2.24) is 5.32 Å². The van der Waals surface area contributed by atoms with Gasteiger partial charge >= 0.3 is 0 Å². The van der Waals surface area contributed by atoms with Crippen molar-refractivity contribution in [2.45, 2.75) is 20.3 Å². The molecular formula is C31H27FN2O4. The second-order valence-electron chi connectivity index (χ2n) is 9.68. The molecule has 5 aromatic rings. The lowest BCUT2D eigenvalue weighted by Crippen LogP contribution is -2.27. The predicted molar refractivity (Wildman–Crippen MR) is 144 cm³/mol. The lowest BCUT2D eigenvalue weighted by Gasteiger charge is -2.13. The molecule has 0 spiro atoms. The van der Waals surface area contributed by atoms with Crippen LogP contribution >= 0.6 is 0 Å². The number of carbonyl (C=O) groups excluding carboxylic acids is 2. The average molecular weight is 511 g/mol. The van der Waals surface area contributed by atoms with E-state index in [4.69, 9.17) is 14.6 Å². The first-order valence-corrected chi connectivity index (χ1v) is 12.3. The summed E-state index contributed by atoms with van der Waals surface area (Å²) in [5.41, 5.74) is 11.1. The molecule has 3 aromatic carbocycles. The fourth-order valence-corrected chi connectivity index (χ4v) is 4.49. The van der Waals surface area contributed by atoms with Gasteiger partial charge in [-0.05, 0) is 77.6 Å². The van der Waals surface area contributed by atoms with Gasteiger partial charge in [0.05, 0.1) is 18.1 Å². The van der Waals surface area contributed by atoms with Gasteiger partial charge < -0.3 is 19.9 Å². The second kappa shape index (κ2) is 10.4. The van der Waals surface area contributed by atoms with Crippen LogP contribution in [0.1, 0.15) is 45.7 Å². The Bertz CT molecular complexity index is 1620. The summed E-state index contributed by atoms with van der Waals surface area (Å²) in [6.07, 6.45) is 3.71. The third-order valence-electron chi connectivity index (χ3n) is 6.35. The third kappa shape index (κ3) is 5.09. The number of hydrogen-bond acceptors (Lipinski definition) is 4. The molecule has 0 saturated carbocycles. The smallest absolute Gasteiger partial charge is 0.253 e. The number of primary amides is 1. The van der Waals surface area contributed by atoms with Crippen LogP contribution in [0.25, 0.3) is 33.4 Å². The molecule has 2 amide bonds. The number of nitrogens with two attached hydrogens (primary N) is 1. The summed E-state index contributed by atoms with van der Waals surface area (Å²) < 4.78 is 24.6. The predicted octanol–water partition coefficient (Wildman–Crippen LogP) is 6.57. The van der Waals surface area contributed by atoms with E-state index in [1.165, 1.54) is 12.1 Å². The molecule has 0 bridgehead atoms. The molecule has 0 saturated heterocycles. The molecular weight excluding hydrogens is 483 g/mol. The first-order chi connectivity index (χ1) is 18.3. The fraction of sp³-hybridized carbons (Fsp3) is 0.161. The second-order valence-corrected chi connectivity index (χ2v) is 9.68. The highest BCUT2D eigenvalue weighted by Crippen LogP contribution is 2.35. The maximum absolute atomic E-state index is 13.4. The Labute approximate surface area is 219 Å². The van der Waals surface area contributed by atoms with Crippen LogP contribution in [0, 0.1) is 11.7 Å². The molecule has 3 N–H and O–H groups in total. The van der Waals surface area contributed by atoms with E-state index in [2.05, 4.69) is 5.32 Å². The SMILES string of the molecule is CC(C)CNC(=O)c1cc(Cc2ccc3oc(-c4ccc(F)cc4)c(C(N)=O)c3c2)ccc1-c1ccoc1. The molecule has 2 heterocycles. The maximum Gasteiger partial charge on any atom is 0.253 e. The minimum atomic E-state index is -0.631. The summed E-state index contributed by atoms with van der Waals surface area (Å²) in [6, 6.07) is 18.9. The molecule has 0 aliphatic rings. The first-order valence-electron chi connectivity index (χ1n) is 12.3. The molecule has 192 valence electrons. The number of nitrogens with one attached hydrogen (secondary N) is 1. The van der Waals surface area contributed by atoms with Crippen LogP contribution in [0.3, 0.4) is 0 Å². The Kier molecular flexibility index (Phi) is 6.83. The van der Waals surface area contributed by atoms with E-state index in [0.717, 1.165) is 22.3 Å². The van der Waals surface area contributed by atoms with E-state index in [1.807, 2.05) is 50.2 Å². The molecule has 0 radical (unpaired) electrons. The number of amides is 2. The van der Waals surface area contributed by atoms with Crippen molar-refractivity contribution in [3.63, 3.8) is 0 Å². The molecule has 5 rings (SSSR count). The summed E-state index contributed by atoms with van der Waals surface area (Å²) in [7, 11) is 0.